The van der Waals surface area contributed by atoms with E-state index >= 15 is 0 Å². The highest BCUT2D eigenvalue weighted by molar-refractivity contribution is 5.81. The van der Waals surface area contributed by atoms with Crippen LogP contribution in [0.5, 0.6) is 0 Å². The Kier molecular flexibility index (Phi) is 3.17. The number of hydrogen-bond acceptors (Lipinski definition) is 3. The van der Waals surface area contributed by atoms with Crippen molar-refractivity contribution in [2.45, 2.75) is 45.1 Å². The van der Waals surface area contributed by atoms with Gasteiger partial charge in [0.2, 0.25) is 0 Å². The normalized spacial score (nSPS) is 33.7. The van der Waals surface area contributed by atoms with Gasteiger partial charge in [-0.05, 0) is 43.9 Å². The summed E-state index contributed by atoms with van der Waals surface area (Å²) >= 11 is 0. The molecule has 0 spiro atoms. The molecule has 0 saturated heterocycles. The van der Waals surface area contributed by atoms with Crippen molar-refractivity contribution in [3.63, 3.8) is 0 Å². The van der Waals surface area contributed by atoms with Gasteiger partial charge in [-0.25, -0.2) is 0 Å². The number of ether oxygens (including phenoxy) is 1. The Bertz CT molecular complexity index is 303. The first kappa shape index (κ1) is 11.4. The molecule has 2 N–H and O–H groups in total. The topological polar surface area (TPSA) is 69.4 Å². The molecule has 2 fully saturated rings. The van der Waals surface area contributed by atoms with Gasteiger partial charge in [-0.3, -0.25) is 9.59 Å². The Morgan fingerprint density at radius 1 is 1.38 bits per heavy atom. The summed E-state index contributed by atoms with van der Waals surface area (Å²) in [5.41, 5.74) is 5.04. The summed E-state index contributed by atoms with van der Waals surface area (Å²) in [6.45, 7) is 1.51. The highest BCUT2D eigenvalue weighted by Gasteiger charge is 2.40. The molecular weight excluding hydrogens is 206 g/mol. The third-order valence-corrected chi connectivity index (χ3v) is 4.02. The van der Waals surface area contributed by atoms with Gasteiger partial charge in [-0.2, -0.15) is 0 Å². The minimum Gasteiger partial charge on any atom is -0.453 e. The Morgan fingerprint density at radius 3 is 2.62 bits per heavy atom. The van der Waals surface area contributed by atoms with E-state index in [-0.39, 0.29) is 5.97 Å². The maximum Gasteiger partial charge on any atom is 0.306 e. The molecule has 2 aliphatic carbocycles. The molecule has 0 unspecified atom stereocenters. The maximum atomic E-state index is 11.6. The van der Waals surface area contributed by atoms with Crippen molar-refractivity contribution in [2.75, 3.05) is 0 Å². The van der Waals surface area contributed by atoms with Gasteiger partial charge < -0.3 is 10.5 Å². The molecule has 1 amide bonds. The van der Waals surface area contributed by atoms with Crippen LogP contribution in [0.4, 0.5) is 0 Å². The minimum absolute atomic E-state index is 0.274. The monoisotopic (exact) mass is 225 g/mol. The van der Waals surface area contributed by atoms with Gasteiger partial charge >= 0.3 is 5.97 Å². The van der Waals surface area contributed by atoms with Gasteiger partial charge in [0.1, 0.15) is 0 Å². The van der Waals surface area contributed by atoms with Crippen LogP contribution in [0.25, 0.3) is 0 Å². The molecule has 16 heavy (non-hydrogen) atoms. The van der Waals surface area contributed by atoms with Crippen LogP contribution in [0.1, 0.15) is 39.0 Å². The fourth-order valence-electron chi connectivity index (χ4n) is 3.14. The van der Waals surface area contributed by atoms with Crippen molar-refractivity contribution in [1.82, 2.24) is 0 Å². The molecule has 4 nitrogen and oxygen atoms in total. The second-order valence-corrected chi connectivity index (χ2v) is 5.17. The predicted molar refractivity (Wildman–Crippen MR) is 58.3 cm³/mol. The zero-order valence-corrected chi connectivity index (χ0v) is 9.65. The van der Waals surface area contributed by atoms with E-state index in [2.05, 4.69) is 0 Å². The Morgan fingerprint density at radius 2 is 2.12 bits per heavy atom. The molecule has 2 saturated carbocycles. The smallest absolute Gasteiger partial charge is 0.306 e. The lowest BCUT2D eigenvalue weighted by molar-refractivity contribution is -0.155. The lowest BCUT2D eigenvalue weighted by atomic mass is 9.86. The summed E-state index contributed by atoms with van der Waals surface area (Å²) in [5, 5.41) is 0. The summed E-state index contributed by atoms with van der Waals surface area (Å²) in [6, 6.07) is 0. The van der Waals surface area contributed by atoms with E-state index in [1.807, 2.05) is 0 Å². The highest BCUT2D eigenvalue weighted by Crippen LogP contribution is 2.49. The van der Waals surface area contributed by atoms with E-state index < -0.39 is 12.0 Å². The van der Waals surface area contributed by atoms with Crippen molar-refractivity contribution >= 4 is 11.9 Å². The number of fused-ring (bicyclic) bond motifs is 2. The number of amides is 1. The van der Waals surface area contributed by atoms with E-state index in [1.54, 1.807) is 0 Å². The van der Waals surface area contributed by atoms with Gasteiger partial charge in [0.15, 0.2) is 6.10 Å². The fraction of sp³-hybridized carbons (Fsp3) is 0.833. The van der Waals surface area contributed by atoms with Crippen molar-refractivity contribution in [3.8, 4) is 0 Å². The number of primary amides is 1. The van der Waals surface area contributed by atoms with Crippen LogP contribution in [0.15, 0.2) is 0 Å². The molecular formula is C12H19NO3. The molecule has 90 valence electrons. The number of nitrogens with two attached hydrogens (primary N) is 1. The second-order valence-electron chi connectivity index (χ2n) is 5.17. The average Bonchev–Trinajstić information content (AvgIpc) is 2.78. The summed E-state index contributed by atoms with van der Waals surface area (Å²) in [5.74, 6) is 1.16. The third kappa shape index (κ3) is 2.36. The van der Waals surface area contributed by atoms with Gasteiger partial charge in [-0.1, -0.05) is 6.42 Å². The lowest BCUT2D eigenvalue weighted by Crippen LogP contribution is -2.31. The molecule has 0 aromatic rings. The standard InChI is InChI=1S/C12H19NO3/c1-7(12(13)15)16-11(14)6-10-5-8-2-3-9(10)4-8/h7-10H,2-6H2,1H3,(H2,13,15)/t7-,8+,9+,10-/m1/s1. The zero-order chi connectivity index (χ0) is 11.7. The first-order valence-electron chi connectivity index (χ1n) is 6.05. The molecule has 0 aliphatic heterocycles. The number of esters is 1. The zero-order valence-electron chi connectivity index (χ0n) is 9.65. The first-order valence-corrected chi connectivity index (χ1v) is 6.05. The molecule has 2 rings (SSSR count). The van der Waals surface area contributed by atoms with Crippen LogP contribution in [-0.4, -0.2) is 18.0 Å². The molecule has 2 aliphatic rings. The Hall–Kier alpha value is -1.06. The van der Waals surface area contributed by atoms with Crippen molar-refractivity contribution in [3.05, 3.63) is 0 Å². The summed E-state index contributed by atoms with van der Waals surface area (Å²) in [7, 11) is 0. The van der Waals surface area contributed by atoms with Crippen molar-refractivity contribution in [2.24, 2.45) is 23.5 Å². The summed E-state index contributed by atoms with van der Waals surface area (Å²) in [6.07, 6.45) is 4.68. The second kappa shape index (κ2) is 4.44. The van der Waals surface area contributed by atoms with Crippen LogP contribution in [0.3, 0.4) is 0 Å². The summed E-state index contributed by atoms with van der Waals surface area (Å²) in [4.78, 5) is 22.3. The molecule has 0 radical (unpaired) electrons. The van der Waals surface area contributed by atoms with E-state index in [4.69, 9.17) is 10.5 Å². The number of hydrogen-bond donors (Lipinski definition) is 1. The molecule has 0 aromatic heterocycles. The SMILES string of the molecule is C[C@@H](OC(=O)C[C@H]1C[C@H]2CC[C@H]1C2)C(N)=O. The van der Waals surface area contributed by atoms with Gasteiger partial charge in [-0.15, -0.1) is 0 Å². The Balaban J connectivity index is 1.77. The van der Waals surface area contributed by atoms with Crippen molar-refractivity contribution < 1.29 is 14.3 Å². The van der Waals surface area contributed by atoms with E-state index in [9.17, 15) is 9.59 Å². The number of carbonyl (C=O) groups excluding carboxylic acids is 2. The third-order valence-electron chi connectivity index (χ3n) is 4.02. The van der Waals surface area contributed by atoms with E-state index in [0.29, 0.717) is 18.3 Å². The molecule has 4 heteroatoms. The fourth-order valence-corrected chi connectivity index (χ4v) is 3.14. The number of rotatable bonds is 4. The van der Waals surface area contributed by atoms with Gasteiger partial charge in [0, 0.05) is 6.42 Å². The highest BCUT2D eigenvalue weighted by atomic mass is 16.5. The van der Waals surface area contributed by atoms with Crippen LogP contribution < -0.4 is 5.73 Å². The van der Waals surface area contributed by atoms with E-state index in [1.165, 1.54) is 26.2 Å². The predicted octanol–water partition coefficient (Wildman–Crippen LogP) is 1.23. The molecule has 2 bridgehead atoms. The lowest BCUT2D eigenvalue weighted by Gasteiger charge is -2.21. The minimum atomic E-state index is -0.800. The largest absolute Gasteiger partial charge is 0.453 e. The van der Waals surface area contributed by atoms with Crippen LogP contribution >= 0.6 is 0 Å². The van der Waals surface area contributed by atoms with Crippen LogP contribution in [0, 0.1) is 17.8 Å². The number of carbonyl (C=O) groups is 2. The molecule has 0 heterocycles. The summed E-state index contributed by atoms with van der Waals surface area (Å²) < 4.78 is 4.97. The van der Waals surface area contributed by atoms with E-state index in [0.717, 1.165) is 12.3 Å². The van der Waals surface area contributed by atoms with Gasteiger partial charge in [0.25, 0.3) is 5.91 Å². The average molecular weight is 225 g/mol. The van der Waals surface area contributed by atoms with Gasteiger partial charge in [0.05, 0.1) is 0 Å². The van der Waals surface area contributed by atoms with Crippen molar-refractivity contribution in [1.29, 1.82) is 0 Å². The van der Waals surface area contributed by atoms with Crippen LogP contribution in [0.2, 0.25) is 0 Å². The molecule has 0 aromatic carbocycles. The first-order chi connectivity index (χ1) is 7.56. The molecule has 4 atom stereocenters. The quantitative estimate of drug-likeness (QED) is 0.731. The Labute approximate surface area is 95.5 Å². The maximum absolute atomic E-state index is 11.6. The van der Waals surface area contributed by atoms with Crippen LogP contribution in [-0.2, 0) is 14.3 Å².